The van der Waals surface area contributed by atoms with Gasteiger partial charge < -0.3 is 4.74 Å². The van der Waals surface area contributed by atoms with E-state index in [2.05, 4.69) is 5.10 Å². The number of hydrogen-bond donors (Lipinski definition) is 0. The highest BCUT2D eigenvalue weighted by atomic mass is 16.5. The molecule has 19 heavy (non-hydrogen) atoms. The SMILES string of the molecule is Cc1ccc(OC(=O)c2ccc(=O)n(C)n2)c(C)c1. The van der Waals surface area contributed by atoms with Gasteiger partial charge in [0.15, 0.2) is 5.69 Å². The fourth-order valence-electron chi connectivity index (χ4n) is 1.68. The first kappa shape index (κ1) is 13.0. The lowest BCUT2D eigenvalue weighted by Gasteiger charge is -2.07. The molecule has 1 heterocycles. The third-order valence-corrected chi connectivity index (χ3v) is 2.70. The molecular weight excluding hydrogens is 244 g/mol. The summed E-state index contributed by atoms with van der Waals surface area (Å²) in [6.45, 7) is 3.83. The maximum Gasteiger partial charge on any atom is 0.364 e. The van der Waals surface area contributed by atoms with E-state index >= 15 is 0 Å². The minimum absolute atomic E-state index is 0.0991. The molecule has 0 fully saturated rings. The summed E-state index contributed by atoms with van der Waals surface area (Å²) in [7, 11) is 1.48. The molecule has 1 aromatic carbocycles. The first-order valence-corrected chi connectivity index (χ1v) is 5.81. The molecule has 0 saturated carbocycles. The Morgan fingerprint density at radius 2 is 1.95 bits per heavy atom. The maximum absolute atomic E-state index is 11.9. The lowest BCUT2D eigenvalue weighted by molar-refractivity contribution is 0.0724. The Morgan fingerprint density at radius 3 is 2.58 bits per heavy atom. The van der Waals surface area contributed by atoms with Gasteiger partial charge in [-0.1, -0.05) is 17.7 Å². The van der Waals surface area contributed by atoms with Crippen LogP contribution in [0.3, 0.4) is 0 Å². The molecule has 0 atom stereocenters. The molecule has 2 rings (SSSR count). The Balaban J connectivity index is 2.25. The number of carbonyl (C=O) groups excluding carboxylic acids is 1. The summed E-state index contributed by atoms with van der Waals surface area (Å²) in [6, 6.07) is 8.17. The largest absolute Gasteiger partial charge is 0.421 e. The molecule has 1 aromatic heterocycles. The van der Waals surface area contributed by atoms with Crippen molar-refractivity contribution in [1.82, 2.24) is 9.78 Å². The van der Waals surface area contributed by atoms with Crippen molar-refractivity contribution in [2.24, 2.45) is 7.05 Å². The van der Waals surface area contributed by atoms with Gasteiger partial charge in [-0.05, 0) is 31.5 Å². The van der Waals surface area contributed by atoms with E-state index in [0.29, 0.717) is 5.75 Å². The van der Waals surface area contributed by atoms with E-state index in [0.717, 1.165) is 15.8 Å². The highest BCUT2D eigenvalue weighted by molar-refractivity contribution is 5.88. The number of aryl methyl sites for hydroxylation is 3. The quantitative estimate of drug-likeness (QED) is 0.606. The standard InChI is InChI=1S/C14H14N2O3/c1-9-4-6-12(10(2)8-9)19-14(18)11-5-7-13(17)16(3)15-11/h4-8H,1-3H3. The predicted molar refractivity (Wildman–Crippen MR) is 70.4 cm³/mol. The van der Waals surface area contributed by atoms with Crippen LogP contribution in [-0.2, 0) is 7.05 Å². The topological polar surface area (TPSA) is 61.2 Å². The number of nitrogens with zero attached hydrogens (tertiary/aromatic N) is 2. The van der Waals surface area contributed by atoms with Gasteiger partial charge in [0.25, 0.3) is 5.56 Å². The highest BCUT2D eigenvalue weighted by Crippen LogP contribution is 2.19. The lowest BCUT2D eigenvalue weighted by Crippen LogP contribution is -2.22. The van der Waals surface area contributed by atoms with Crippen LogP contribution in [0.25, 0.3) is 0 Å². The van der Waals surface area contributed by atoms with Gasteiger partial charge in [0, 0.05) is 13.1 Å². The molecule has 0 aliphatic rings. The van der Waals surface area contributed by atoms with Crippen LogP contribution in [0.4, 0.5) is 0 Å². The van der Waals surface area contributed by atoms with Crippen molar-refractivity contribution in [2.45, 2.75) is 13.8 Å². The fourth-order valence-corrected chi connectivity index (χ4v) is 1.68. The minimum atomic E-state index is -0.581. The van der Waals surface area contributed by atoms with Gasteiger partial charge in [-0.25, -0.2) is 9.48 Å². The Bertz CT molecular complexity index is 689. The Kier molecular flexibility index (Phi) is 3.46. The van der Waals surface area contributed by atoms with E-state index < -0.39 is 5.97 Å². The van der Waals surface area contributed by atoms with Gasteiger partial charge in [0.05, 0.1) is 0 Å². The molecule has 2 aromatic rings. The third kappa shape index (κ3) is 2.88. The van der Waals surface area contributed by atoms with Crippen molar-refractivity contribution in [3.8, 4) is 5.75 Å². The summed E-state index contributed by atoms with van der Waals surface area (Å²) in [6.07, 6.45) is 0. The first-order valence-electron chi connectivity index (χ1n) is 5.81. The minimum Gasteiger partial charge on any atom is -0.421 e. The molecule has 0 spiro atoms. The predicted octanol–water partition coefficient (Wildman–Crippen LogP) is 1.62. The van der Waals surface area contributed by atoms with Crippen molar-refractivity contribution in [3.05, 3.63) is 57.5 Å². The van der Waals surface area contributed by atoms with Crippen molar-refractivity contribution in [3.63, 3.8) is 0 Å². The Hall–Kier alpha value is -2.43. The molecular formula is C14H14N2O3. The monoisotopic (exact) mass is 258 g/mol. The third-order valence-electron chi connectivity index (χ3n) is 2.70. The number of esters is 1. The van der Waals surface area contributed by atoms with E-state index in [1.54, 1.807) is 6.07 Å². The van der Waals surface area contributed by atoms with Gasteiger partial charge in [0.1, 0.15) is 5.75 Å². The van der Waals surface area contributed by atoms with Crippen molar-refractivity contribution >= 4 is 5.97 Å². The molecule has 0 amide bonds. The van der Waals surface area contributed by atoms with Gasteiger partial charge in [-0.15, -0.1) is 0 Å². The normalized spacial score (nSPS) is 10.3. The Labute approximate surface area is 110 Å². The number of aromatic nitrogens is 2. The zero-order chi connectivity index (χ0) is 14.0. The van der Waals surface area contributed by atoms with Crippen molar-refractivity contribution in [1.29, 1.82) is 0 Å². The molecule has 98 valence electrons. The van der Waals surface area contributed by atoms with E-state index in [1.807, 2.05) is 26.0 Å². The van der Waals surface area contributed by atoms with Crippen LogP contribution in [0.2, 0.25) is 0 Å². The van der Waals surface area contributed by atoms with Crippen LogP contribution in [0.5, 0.6) is 5.75 Å². The number of hydrogen-bond acceptors (Lipinski definition) is 4. The molecule has 0 aliphatic heterocycles. The Morgan fingerprint density at radius 1 is 1.21 bits per heavy atom. The van der Waals surface area contributed by atoms with Crippen molar-refractivity contribution in [2.75, 3.05) is 0 Å². The van der Waals surface area contributed by atoms with Gasteiger partial charge in [-0.2, -0.15) is 5.10 Å². The molecule has 5 heteroatoms. The summed E-state index contributed by atoms with van der Waals surface area (Å²) >= 11 is 0. The molecule has 5 nitrogen and oxygen atoms in total. The van der Waals surface area contributed by atoms with E-state index in [9.17, 15) is 9.59 Å². The van der Waals surface area contributed by atoms with Crippen LogP contribution in [0.15, 0.2) is 35.1 Å². The van der Waals surface area contributed by atoms with Gasteiger partial charge in [-0.3, -0.25) is 4.79 Å². The maximum atomic E-state index is 11.9. The summed E-state index contributed by atoms with van der Waals surface area (Å²) in [4.78, 5) is 23.1. The van der Waals surface area contributed by atoms with E-state index in [4.69, 9.17) is 4.74 Å². The molecule has 0 bridgehead atoms. The summed E-state index contributed by atoms with van der Waals surface area (Å²) in [5.41, 5.74) is 1.79. The molecule has 0 saturated heterocycles. The van der Waals surface area contributed by atoms with Crippen LogP contribution < -0.4 is 10.3 Å². The molecule has 0 N–H and O–H groups in total. The average Bonchev–Trinajstić information content (AvgIpc) is 2.36. The van der Waals surface area contributed by atoms with Crippen molar-refractivity contribution < 1.29 is 9.53 Å². The van der Waals surface area contributed by atoms with Crippen LogP contribution in [0.1, 0.15) is 21.6 Å². The first-order chi connectivity index (χ1) is 8.97. The van der Waals surface area contributed by atoms with Crippen LogP contribution >= 0.6 is 0 Å². The van der Waals surface area contributed by atoms with E-state index in [-0.39, 0.29) is 11.3 Å². The van der Waals surface area contributed by atoms with Crippen LogP contribution in [-0.4, -0.2) is 15.7 Å². The summed E-state index contributed by atoms with van der Waals surface area (Å²) in [5, 5.41) is 3.85. The zero-order valence-corrected chi connectivity index (χ0v) is 11.0. The van der Waals surface area contributed by atoms with E-state index in [1.165, 1.54) is 19.2 Å². The average molecular weight is 258 g/mol. The highest BCUT2D eigenvalue weighted by Gasteiger charge is 2.12. The second kappa shape index (κ2) is 5.06. The number of benzene rings is 1. The smallest absolute Gasteiger partial charge is 0.364 e. The number of carbonyl (C=O) groups is 1. The summed E-state index contributed by atoms with van der Waals surface area (Å²) < 4.78 is 6.36. The second-order valence-corrected chi connectivity index (χ2v) is 4.34. The van der Waals surface area contributed by atoms with Gasteiger partial charge in [0.2, 0.25) is 0 Å². The number of rotatable bonds is 2. The number of ether oxygens (including phenoxy) is 1. The fraction of sp³-hybridized carbons (Fsp3) is 0.214. The van der Waals surface area contributed by atoms with Gasteiger partial charge >= 0.3 is 5.97 Å². The van der Waals surface area contributed by atoms with Crippen LogP contribution in [0, 0.1) is 13.8 Å². The molecule has 0 aliphatic carbocycles. The lowest BCUT2D eigenvalue weighted by atomic mass is 10.1. The second-order valence-electron chi connectivity index (χ2n) is 4.34. The summed E-state index contributed by atoms with van der Waals surface area (Å²) in [5.74, 6) is -0.0891. The molecule has 0 unspecified atom stereocenters. The molecule has 0 radical (unpaired) electrons. The zero-order valence-electron chi connectivity index (χ0n) is 11.0.